The van der Waals surface area contributed by atoms with E-state index >= 15 is 0 Å². The van der Waals surface area contributed by atoms with Gasteiger partial charge in [-0.15, -0.1) is 0 Å². The van der Waals surface area contributed by atoms with Gasteiger partial charge in [-0.25, -0.2) is 4.79 Å². The van der Waals surface area contributed by atoms with E-state index in [0.717, 1.165) is 0 Å². The summed E-state index contributed by atoms with van der Waals surface area (Å²) in [6.45, 7) is 3.85. The van der Waals surface area contributed by atoms with E-state index in [1.54, 1.807) is 0 Å². The van der Waals surface area contributed by atoms with Crippen LogP contribution in [0.15, 0.2) is 19.9 Å². The molecule has 0 aliphatic rings. The van der Waals surface area contributed by atoms with Crippen LogP contribution >= 0.6 is 0 Å². The number of rotatable bonds is 1. The van der Waals surface area contributed by atoms with Gasteiger partial charge in [0, 0.05) is 5.92 Å². The summed E-state index contributed by atoms with van der Waals surface area (Å²) < 4.78 is 9.03. The van der Waals surface area contributed by atoms with Crippen LogP contribution in [0.3, 0.4) is 0 Å². The van der Waals surface area contributed by atoms with Gasteiger partial charge in [0.2, 0.25) is 0 Å². The molecule has 3 nitrogen and oxygen atoms in total. The minimum absolute atomic E-state index is 0.219. The highest BCUT2D eigenvalue weighted by Crippen LogP contribution is 2.10. The molecular formula is C6H8O3. The Morgan fingerprint density at radius 3 is 2.44 bits per heavy atom. The molecular weight excluding hydrogens is 120 g/mol. The Kier molecular flexibility index (Phi) is 1.42. The van der Waals surface area contributed by atoms with Gasteiger partial charge in [0.25, 0.3) is 0 Å². The van der Waals surface area contributed by atoms with E-state index in [4.69, 9.17) is 0 Å². The molecule has 1 aromatic rings. The van der Waals surface area contributed by atoms with Gasteiger partial charge in [0.1, 0.15) is 12.0 Å². The van der Waals surface area contributed by atoms with E-state index in [0.29, 0.717) is 5.76 Å². The summed E-state index contributed by atoms with van der Waals surface area (Å²) in [7, 11) is 0. The molecule has 3 heteroatoms. The van der Waals surface area contributed by atoms with Crippen molar-refractivity contribution >= 4 is 0 Å². The fourth-order valence-corrected chi connectivity index (χ4v) is 0.504. The molecule has 0 amide bonds. The van der Waals surface area contributed by atoms with Crippen molar-refractivity contribution < 1.29 is 8.83 Å². The first-order chi connectivity index (χ1) is 4.20. The van der Waals surface area contributed by atoms with E-state index < -0.39 is 5.82 Å². The highest BCUT2D eigenvalue weighted by molar-refractivity contribution is 4.91. The maximum Gasteiger partial charge on any atom is 0.518 e. The summed E-state index contributed by atoms with van der Waals surface area (Å²) in [5, 5.41) is 0. The fourth-order valence-electron chi connectivity index (χ4n) is 0.504. The van der Waals surface area contributed by atoms with Crippen molar-refractivity contribution in [1.82, 2.24) is 0 Å². The molecule has 0 saturated carbocycles. The third-order valence-corrected chi connectivity index (χ3v) is 1.04. The SMILES string of the molecule is CC(C)c1coc(=O)o1. The number of hydrogen-bond donors (Lipinski definition) is 0. The molecule has 9 heavy (non-hydrogen) atoms. The average molecular weight is 128 g/mol. The van der Waals surface area contributed by atoms with Crippen molar-refractivity contribution in [2.75, 3.05) is 0 Å². The lowest BCUT2D eigenvalue weighted by atomic mass is 10.2. The highest BCUT2D eigenvalue weighted by Gasteiger charge is 2.03. The zero-order chi connectivity index (χ0) is 6.85. The first kappa shape index (κ1) is 6.13. The third kappa shape index (κ3) is 1.22. The normalized spacial score (nSPS) is 10.6. The lowest BCUT2D eigenvalue weighted by molar-refractivity contribution is 0.368. The molecule has 0 atom stereocenters. The van der Waals surface area contributed by atoms with E-state index in [2.05, 4.69) is 8.83 Å². The molecule has 1 heterocycles. The van der Waals surface area contributed by atoms with Crippen molar-refractivity contribution in [1.29, 1.82) is 0 Å². The molecule has 0 saturated heterocycles. The predicted molar refractivity (Wildman–Crippen MR) is 31.3 cm³/mol. The number of hydrogen-bond acceptors (Lipinski definition) is 3. The molecule has 0 aliphatic heterocycles. The summed E-state index contributed by atoms with van der Waals surface area (Å²) in [6.07, 6.45) is 1.34. The van der Waals surface area contributed by atoms with Crippen LogP contribution in [0, 0.1) is 0 Å². The molecule has 0 spiro atoms. The maximum absolute atomic E-state index is 10.3. The van der Waals surface area contributed by atoms with E-state index in [-0.39, 0.29) is 5.92 Å². The van der Waals surface area contributed by atoms with Crippen molar-refractivity contribution in [2.45, 2.75) is 19.8 Å². The van der Waals surface area contributed by atoms with Gasteiger partial charge in [0.15, 0.2) is 0 Å². The lowest BCUT2D eigenvalue weighted by Gasteiger charge is -1.91. The lowest BCUT2D eigenvalue weighted by Crippen LogP contribution is -1.88. The van der Waals surface area contributed by atoms with Crippen LogP contribution in [0.1, 0.15) is 25.5 Å². The summed E-state index contributed by atoms with van der Waals surface area (Å²) in [5.41, 5.74) is 0. The van der Waals surface area contributed by atoms with Crippen molar-refractivity contribution in [3.63, 3.8) is 0 Å². The van der Waals surface area contributed by atoms with Crippen molar-refractivity contribution in [2.24, 2.45) is 0 Å². The molecule has 1 aromatic heterocycles. The van der Waals surface area contributed by atoms with E-state index in [1.807, 2.05) is 13.8 Å². The van der Waals surface area contributed by atoms with Crippen molar-refractivity contribution in [3.05, 3.63) is 22.6 Å². The van der Waals surface area contributed by atoms with Crippen LogP contribution in [-0.4, -0.2) is 0 Å². The molecule has 0 radical (unpaired) electrons. The first-order valence-corrected chi connectivity index (χ1v) is 2.78. The zero-order valence-electron chi connectivity index (χ0n) is 5.38. The first-order valence-electron chi connectivity index (χ1n) is 2.78. The van der Waals surface area contributed by atoms with Gasteiger partial charge in [-0.1, -0.05) is 13.8 Å². The van der Waals surface area contributed by atoms with Crippen LogP contribution in [0.25, 0.3) is 0 Å². The third-order valence-electron chi connectivity index (χ3n) is 1.04. The van der Waals surface area contributed by atoms with Crippen LogP contribution in [-0.2, 0) is 0 Å². The molecule has 0 bridgehead atoms. The van der Waals surface area contributed by atoms with Crippen molar-refractivity contribution in [3.8, 4) is 0 Å². The maximum atomic E-state index is 10.3. The van der Waals surface area contributed by atoms with Gasteiger partial charge in [-0.3, -0.25) is 0 Å². The molecule has 0 N–H and O–H groups in total. The van der Waals surface area contributed by atoms with Gasteiger partial charge in [0.05, 0.1) is 0 Å². The summed E-state index contributed by atoms with van der Waals surface area (Å²) in [4.78, 5) is 10.3. The fraction of sp³-hybridized carbons (Fsp3) is 0.500. The molecule has 0 aromatic carbocycles. The van der Waals surface area contributed by atoms with Gasteiger partial charge < -0.3 is 8.83 Å². The standard InChI is InChI=1S/C6H8O3/c1-4(2)5-3-8-6(7)9-5/h3-4H,1-2H3. The molecule has 0 aliphatic carbocycles. The summed E-state index contributed by atoms with van der Waals surface area (Å²) in [5.74, 6) is 0.190. The van der Waals surface area contributed by atoms with Gasteiger partial charge in [-0.2, -0.15) is 0 Å². The Hall–Kier alpha value is -0.990. The molecule has 0 fully saturated rings. The largest absolute Gasteiger partial charge is 0.518 e. The quantitative estimate of drug-likeness (QED) is 0.573. The second kappa shape index (κ2) is 2.09. The Morgan fingerprint density at radius 2 is 2.22 bits per heavy atom. The van der Waals surface area contributed by atoms with Crippen LogP contribution in [0.4, 0.5) is 0 Å². The Balaban J connectivity index is 2.98. The second-order valence-electron chi connectivity index (χ2n) is 2.14. The topological polar surface area (TPSA) is 43.4 Å². The van der Waals surface area contributed by atoms with Gasteiger partial charge >= 0.3 is 5.82 Å². The smallest absolute Gasteiger partial charge is 0.399 e. The Labute approximate surface area is 52.3 Å². The van der Waals surface area contributed by atoms with Crippen LogP contribution in [0.2, 0.25) is 0 Å². The van der Waals surface area contributed by atoms with E-state index in [9.17, 15) is 4.79 Å². The second-order valence-corrected chi connectivity index (χ2v) is 2.14. The molecule has 50 valence electrons. The summed E-state index contributed by atoms with van der Waals surface area (Å²) >= 11 is 0. The minimum Gasteiger partial charge on any atom is -0.399 e. The predicted octanol–water partition coefficient (Wildman–Crippen LogP) is 1.36. The minimum atomic E-state index is -0.626. The van der Waals surface area contributed by atoms with Gasteiger partial charge in [-0.05, 0) is 0 Å². The molecule has 0 unspecified atom stereocenters. The van der Waals surface area contributed by atoms with Crippen LogP contribution < -0.4 is 5.82 Å². The zero-order valence-corrected chi connectivity index (χ0v) is 5.38. The average Bonchev–Trinajstić information content (AvgIpc) is 2.14. The summed E-state index contributed by atoms with van der Waals surface area (Å²) in [6, 6.07) is 0. The Morgan fingerprint density at radius 1 is 1.56 bits per heavy atom. The highest BCUT2D eigenvalue weighted by atomic mass is 16.6. The molecule has 1 rings (SSSR count). The monoisotopic (exact) mass is 128 g/mol. The van der Waals surface area contributed by atoms with Crippen LogP contribution in [0.5, 0.6) is 0 Å². The van der Waals surface area contributed by atoms with E-state index in [1.165, 1.54) is 6.26 Å². The Bertz CT molecular complexity index is 230.